The van der Waals surface area contributed by atoms with Crippen molar-refractivity contribution in [2.45, 2.75) is 52.3 Å². The molecule has 18 heavy (non-hydrogen) atoms. The smallest absolute Gasteiger partial charge is 0.371 e. The Bertz CT molecular complexity index is 440. The van der Waals surface area contributed by atoms with Gasteiger partial charge >= 0.3 is 5.97 Å². The number of carboxylic acids is 1. The van der Waals surface area contributed by atoms with Crippen LogP contribution in [0.1, 0.15) is 49.6 Å². The van der Waals surface area contributed by atoms with E-state index in [0.29, 0.717) is 12.3 Å². The van der Waals surface area contributed by atoms with Gasteiger partial charge in [-0.1, -0.05) is 0 Å². The molecule has 1 heterocycles. The van der Waals surface area contributed by atoms with Gasteiger partial charge in [-0.05, 0) is 40.7 Å². The lowest BCUT2D eigenvalue weighted by Crippen LogP contribution is -2.55. The molecule has 1 aromatic rings. The lowest BCUT2D eigenvalue weighted by molar-refractivity contribution is -0.00537. The zero-order valence-electron chi connectivity index (χ0n) is 11.5. The largest absolute Gasteiger partial charge is 0.475 e. The second kappa shape index (κ2) is 4.74. The van der Waals surface area contributed by atoms with Crippen LogP contribution in [0.15, 0.2) is 10.5 Å². The maximum absolute atomic E-state index is 10.8. The number of furan rings is 1. The summed E-state index contributed by atoms with van der Waals surface area (Å²) in [6, 6.07) is 1.51. The Morgan fingerprint density at radius 1 is 1.39 bits per heavy atom. The number of nitrogens with one attached hydrogen (secondary N) is 1. The lowest BCUT2D eigenvalue weighted by atomic mass is 9.86. The van der Waals surface area contributed by atoms with Crippen molar-refractivity contribution in [3.8, 4) is 0 Å². The fraction of sp³-hybridized carbons (Fsp3) is 0.615. The minimum Gasteiger partial charge on any atom is -0.475 e. The fourth-order valence-electron chi connectivity index (χ4n) is 1.33. The van der Waals surface area contributed by atoms with Crippen LogP contribution < -0.4 is 5.32 Å². The zero-order chi connectivity index (χ0) is 14.1. The predicted molar refractivity (Wildman–Crippen MR) is 67.6 cm³/mol. The number of carbonyl (C=O) groups is 1. The van der Waals surface area contributed by atoms with Crippen molar-refractivity contribution in [2.75, 3.05) is 0 Å². The van der Waals surface area contributed by atoms with Crippen LogP contribution in [0.3, 0.4) is 0 Å². The van der Waals surface area contributed by atoms with Gasteiger partial charge in [0.15, 0.2) is 0 Å². The predicted octanol–water partition coefficient (Wildman–Crippen LogP) is 1.93. The Labute approximate surface area is 107 Å². The van der Waals surface area contributed by atoms with Gasteiger partial charge in [0.2, 0.25) is 5.76 Å². The number of rotatable bonds is 5. The molecule has 102 valence electrons. The third kappa shape index (κ3) is 3.11. The molecular weight excluding hydrogens is 234 g/mol. The molecule has 0 unspecified atom stereocenters. The first-order chi connectivity index (χ1) is 8.04. The van der Waals surface area contributed by atoms with Gasteiger partial charge in [-0.3, -0.25) is 0 Å². The van der Waals surface area contributed by atoms with Gasteiger partial charge in [0.1, 0.15) is 5.76 Å². The number of aryl methyl sites for hydroxylation is 1. The maximum atomic E-state index is 10.8. The van der Waals surface area contributed by atoms with Gasteiger partial charge in [-0.15, -0.1) is 0 Å². The molecule has 0 spiro atoms. The third-order valence-electron chi connectivity index (χ3n) is 3.48. The molecular formula is C13H21NO4. The van der Waals surface area contributed by atoms with Gasteiger partial charge in [0, 0.05) is 17.6 Å². The average molecular weight is 255 g/mol. The Hall–Kier alpha value is -1.33. The van der Waals surface area contributed by atoms with Crippen LogP contribution >= 0.6 is 0 Å². The fourth-order valence-corrected chi connectivity index (χ4v) is 1.33. The summed E-state index contributed by atoms with van der Waals surface area (Å²) in [5, 5.41) is 22.0. The summed E-state index contributed by atoms with van der Waals surface area (Å²) in [5.41, 5.74) is -0.606. The molecule has 3 N–H and O–H groups in total. The molecule has 0 bridgehead atoms. The Morgan fingerprint density at radius 2 is 1.94 bits per heavy atom. The first kappa shape index (κ1) is 14.7. The molecule has 0 saturated carbocycles. The van der Waals surface area contributed by atoms with E-state index in [1.807, 2.05) is 13.8 Å². The van der Waals surface area contributed by atoms with E-state index in [9.17, 15) is 9.90 Å². The monoisotopic (exact) mass is 255 g/mol. The second-order valence-corrected chi connectivity index (χ2v) is 5.53. The Morgan fingerprint density at radius 3 is 2.33 bits per heavy atom. The molecule has 0 fully saturated rings. The quantitative estimate of drug-likeness (QED) is 0.748. The van der Waals surface area contributed by atoms with E-state index in [1.165, 1.54) is 6.07 Å². The van der Waals surface area contributed by atoms with Crippen LogP contribution in [0.5, 0.6) is 0 Å². The molecule has 1 aromatic heterocycles. The number of hydrogen-bond donors (Lipinski definition) is 3. The van der Waals surface area contributed by atoms with E-state index in [2.05, 4.69) is 5.32 Å². The topological polar surface area (TPSA) is 82.7 Å². The van der Waals surface area contributed by atoms with Crippen molar-refractivity contribution in [2.24, 2.45) is 0 Å². The van der Waals surface area contributed by atoms with E-state index in [-0.39, 0.29) is 5.76 Å². The summed E-state index contributed by atoms with van der Waals surface area (Å²) in [7, 11) is 0. The lowest BCUT2D eigenvalue weighted by Gasteiger charge is -2.38. The number of carboxylic acid groups (broad SMARTS) is 1. The van der Waals surface area contributed by atoms with Crippen molar-refractivity contribution in [1.29, 1.82) is 0 Å². The van der Waals surface area contributed by atoms with E-state index in [4.69, 9.17) is 9.52 Å². The summed E-state index contributed by atoms with van der Waals surface area (Å²) >= 11 is 0. The summed E-state index contributed by atoms with van der Waals surface area (Å²) in [6.07, 6.45) is 0. The van der Waals surface area contributed by atoms with Crippen molar-refractivity contribution in [3.63, 3.8) is 0 Å². The normalized spacial score (nSPS) is 12.8. The highest BCUT2D eigenvalue weighted by Gasteiger charge is 2.34. The SMILES string of the molecule is Cc1oc(C(=O)O)cc1CNC(C)(C)C(C)(C)O. The molecule has 5 heteroatoms. The van der Waals surface area contributed by atoms with Gasteiger partial charge in [0.25, 0.3) is 0 Å². The molecule has 0 aromatic carbocycles. The molecule has 0 aliphatic rings. The summed E-state index contributed by atoms with van der Waals surface area (Å²) in [4.78, 5) is 10.8. The first-order valence-corrected chi connectivity index (χ1v) is 5.84. The maximum Gasteiger partial charge on any atom is 0.371 e. The molecule has 0 aliphatic carbocycles. The van der Waals surface area contributed by atoms with Crippen LogP contribution in [0.4, 0.5) is 0 Å². The van der Waals surface area contributed by atoms with Gasteiger partial charge in [-0.2, -0.15) is 0 Å². The minimum atomic E-state index is -1.08. The van der Waals surface area contributed by atoms with E-state index in [0.717, 1.165) is 5.56 Å². The van der Waals surface area contributed by atoms with Gasteiger partial charge < -0.3 is 19.9 Å². The summed E-state index contributed by atoms with van der Waals surface area (Å²) in [5.74, 6) is -0.567. The average Bonchev–Trinajstić information content (AvgIpc) is 2.55. The second-order valence-electron chi connectivity index (χ2n) is 5.53. The van der Waals surface area contributed by atoms with Crippen molar-refractivity contribution in [1.82, 2.24) is 5.32 Å². The van der Waals surface area contributed by atoms with Crippen LogP contribution in [-0.2, 0) is 6.54 Å². The molecule has 0 radical (unpaired) electrons. The van der Waals surface area contributed by atoms with E-state index in [1.54, 1.807) is 20.8 Å². The molecule has 0 atom stereocenters. The Kier molecular flexibility index (Phi) is 3.88. The Balaban J connectivity index is 2.78. The van der Waals surface area contributed by atoms with E-state index >= 15 is 0 Å². The number of aliphatic hydroxyl groups is 1. The van der Waals surface area contributed by atoms with Gasteiger partial charge in [0.05, 0.1) is 5.60 Å². The highest BCUT2D eigenvalue weighted by molar-refractivity contribution is 5.84. The van der Waals surface area contributed by atoms with Crippen LogP contribution in [0.2, 0.25) is 0 Å². The third-order valence-corrected chi connectivity index (χ3v) is 3.48. The number of hydrogen-bond acceptors (Lipinski definition) is 4. The highest BCUT2D eigenvalue weighted by Crippen LogP contribution is 2.22. The van der Waals surface area contributed by atoms with Crippen LogP contribution in [-0.4, -0.2) is 27.3 Å². The molecule has 0 aliphatic heterocycles. The standard InChI is InChI=1S/C13H21NO4/c1-8-9(6-10(18-8)11(15)16)7-14-12(2,3)13(4,5)17/h6,14,17H,7H2,1-5H3,(H,15,16). The van der Waals surface area contributed by atoms with E-state index < -0.39 is 17.1 Å². The first-order valence-electron chi connectivity index (χ1n) is 5.84. The zero-order valence-corrected chi connectivity index (χ0v) is 11.5. The van der Waals surface area contributed by atoms with Crippen LogP contribution in [0.25, 0.3) is 0 Å². The molecule has 0 amide bonds. The molecule has 5 nitrogen and oxygen atoms in total. The van der Waals surface area contributed by atoms with Crippen molar-refractivity contribution in [3.05, 3.63) is 23.2 Å². The number of aromatic carboxylic acids is 1. The highest BCUT2D eigenvalue weighted by atomic mass is 16.4. The summed E-state index contributed by atoms with van der Waals surface area (Å²) in [6.45, 7) is 9.40. The van der Waals surface area contributed by atoms with Crippen molar-refractivity contribution < 1.29 is 19.4 Å². The van der Waals surface area contributed by atoms with Crippen molar-refractivity contribution >= 4 is 5.97 Å². The summed E-state index contributed by atoms with van der Waals surface area (Å²) < 4.78 is 5.12. The molecule has 0 saturated heterocycles. The van der Waals surface area contributed by atoms with Gasteiger partial charge in [-0.25, -0.2) is 4.79 Å². The van der Waals surface area contributed by atoms with Crippen LogP contribution in [0, 0.1) is 6.92 Å². The molecule has 1 rings (SSSR count). The minimum absolute atomic E-state index is 0.0645.